The van der Waals surface area contributed by atoms with Crippen LogP contribution >= 0.6 is 0 Å². The van der Waals surface area contributed by atoms with Crippen LogP contribution in [-0.2, 0) is 0 Å². The lowest BCUT2D eigenvalue weighted by Gasteiger charge is -2.12. The number of benzene rings is 1. The molecule has 5 nitrogen and oxygen atoms in total. The van der Waals surface area contributed by atoms with E-state index in [0.29, 0.717) is 5.69 Å². The lowest BCUT2D eigenvalue weighted by atomic mass is 10.1. The van der Waals surface area contributed by atoms with Gasteiger partial charge in [0.1, 0.15) is 5.82 Å². The number of para-hydroxylation sites is 1. The molecule has 0 aliphatic heterocycles. The molecule has 0 unspecified atom stereocenters. The zero-order chi connectivity index (χ0) is 16.2. The van der Waals surface area contributed by atoms with Gasteiger partial charge in [-0.15, -0.1) is 0 Å². The maximum absolute atomic E-state index is 11.9. The zero-order valence-corrected chi connectivity index (χ0v) is 13.0. The van der Waals surface area contributed by atoms with Crippen LogP contribution in [0.4, 0.5) is 17.2 Å². The molecule has 116 valence electrons. The van der Waals surface area contributed by atoms with Crippen molar-refractivity contribution in [3.8, 4) is 0 Å². The van der Waals surface area contributed by atoms with Gasteiger partial charge in [-0.2, -0.15) is 0 Å². The number of nitrogens with zero attached hydrogens (tertiary/aromatic N) is 1. The van der Waals surface area contributed by atoms with Gasteiger partial charge in [-0.05, 0) is 49.2 Å². The highest BCUT2D eigenvalue weighted by Crippen LogP contribution is 2.23. The predicted octanol–water partition coefficient (Wildman–Crippen LogP) is 4.29. The van der Waals surface area contributed by atoms with E-state index in [2.05, 4.69) is 15.6 Å². The van der Waals surface area contributed by atoms with Crippen LogP contribution in [0, 0.1) is 13.8 Å². The maximum Gasteiger partial charge on any atom is 0.291 e. The molecule has 1 amide bonds. The number of anilines is 3. The lowest BCUT2D eigenvalue weighted by Crippen LogP contribution is -2.11. The van der Waals surface area contributed by atoms with Crippen LogP contribution in [0.15, 0.2) is 59.3 Å². The van der Waals surface area contributed by atoms with Gasteiger partial charge < -0.3 is 15.1 Å². The Balaban J connectivity index is 1.71. The number of pyridine rings is 1. The number of hydrogen-bond acceptors (Lipinski definition) is 4. The number of aryl methyl sites for hydroxylation is 2. The van der Waals surface area contributed by atoms with Gasteiger partial charge in [0.2, 0.25) is 0 Å². The molecule has 0 bridgehead atoms. The third kappa shape index (κ3) is 3.40. The molecule has 0 aliphatic carbocycles. The third-order valence-corrected chi connectivity index (χ3v) is 3.50. The minimum atomic E-state index is -0.299. The largest absolute Gasteiger partial charge is 0.459 e. The molecule has 3 aromatic rings. The Morgan fingerprint density at radius 3 is 2.43 bits per heavy atom. The second-order valence-corrected chi connectivity index (χ2v) is 5.26. The van der Waals surface area contributed by atoms with Crippen molar-refractivity contribution in [1.82, 2.24) is 4.98 Å². The maximum atomic E-state index is 11.9. The van der Waals surface area contributed by atoms with Gasteiger partial charge in [0, 0.05) is 5.69 Å². The monoisotopic (exact) mass is 307 g/mol. The van der Waals surface area contributed by atoms with Crippen LogP contribution in [0.5, 0.6) is 0 Å². The fourth-order valence-electron chi connectivity index (χ4n) is 2.28. The van der Waals surface area contributed by atoms with Gasteiger partial charge in [-0.25, -0.2) is 4.98 Å². The molecule has 0 radical (unpaired) electrons. The molecular formula is C18H17N3O2. The summed E-state index contributed by atoms with van der Waals surface area (Å²) >= 11 is 0. The van der Waals surface area contributed by atoms with Gasteiger partial charge in [0.05, 0.1) is 18.1 Å². The van der Waals surface area contributed by atoms with E-state index in [1.807, 2.05) is 38.1 Å². The highest BCUT2D eigenvalue weighted by Gasteiger charge is 2.09. The van der Waals surface area contributed by atoms with Crippen LogP contribution in [0.1, 0.15) is 21.7 Å². The Hall–Kier alpha value is -3.08. The Labute approximate surface area is 134 Å². The van der Waals surface area contributed by atoms with Crippen LogP contribution in [0.3, 0.4) is 0 Å². The molecule has 0 spiro atoms. The van der Waals surface area contributed by atoms with Crippen molar-refractivity contribution in [3.05, 3.63) is 71.8 Å². The minimum absolute atomic E-state index is 0.266. The summed E-state index contributed by atoms with van der Waals surface area (Å²) in [4.78, 5) is 16.2. The van der Waals surface area contributed by atoms with E-state index in [1.54, 1.807) is 24.4 Å². The van der Waals surface area contributed by atoms with Crippen LogP contribution in [0.25, 0.3) is 0 Å². The summed E-state index contributed by atoms with van der Waals surface area (Å²) < 4.78 is 5.05. The van der Waals surface area contributed by atoms with Gasteiger partial charge in [-0.1, -0.05) is 18.2 Å². The average molecular weight is 307 g/mol. The smallest absolute Gasteiger partial charge is 0.291 e. The molecule has 0 fully saturated rings. The van der Waals surface area contributed by atoms with Gasteiger partial charge in [0.25, 0.3) is 5.91 Å². The molecule has 23 heavy (non-hydrogen) atoms. The molecular weight excluding hydrogens is 290 g/mol. The van der Waals surface area contributed by atoms with Crippen molar-refractivity contribution in [1.29, 1.82) is 0 Å². The Bertz CT molecular complexity index is 789. The number of rotatable bonds is 4. The number of hydrogen-bond donors (Lipinski definition) is 2. The number of carbonyl (C=O) groups is 1. The molecule has 5 heteroatoms. The summed E-state index contributed by atoms with van der Waals surface area (Å²) in [5.41, 5.74) is 3.97. The Morgan fingerprint density at radius 2 is 1.83 bits per heavy atom. The fraction of sp³-hybridized carbons (Fsp3) is 0.111. The number of furan rings is 1. The molecule has 0 saturated heterocycles. The Kier molecular flexibility index (Phi) is 4.10. The summed E-state index contributed by atoms with van der Waals surface area (Å²) in [5, 5.41) is 6.04. The molecule has 0 atom stereocenters. The van der Waals surface area contributed by atoms with E-state index in [4.69, 9.17) is 4.42 Å². The van der Waals surface area contributed by atoms with Gasteiger partial charge in [-0.3, -0.25) is 4.79 Å². The summed E-state index contributed by atoms with van der Waals surface area (Å²) in [6.07, 6.45) is 3.07. The van der Waals surface area contributed by atoms with E-state index in [9.17, 15) is 4.79 Å². The van der Waals surface area contributed by atoms with Crippen LogP contribution in [0.2, 0.25) is 0 Å². The lowest BCUT2D eigenvalue weighted by molar-refractivity contribution is 0.0996. The quantitative estimate of drug-likeness (QED) is 0.754. The van der Waals surface area contributed by atoms with Crippen molar-refractivity contribution in [2.45, 2.75) is 13.8 Å². The van der Waals surface area contributed by atoms with Crippen LogP contribution in [-0.4, -0.2) is 10.9 Å². The van der Waals surface area contributed by atoms with Crippen molar-refractivity contribution in [3.63, 3.8) is 0 Å². The molecule has 0 aliphatic rings. The second kappa shape index (κ2) is 6.36. The van der Waals surface area contributed by atoms with Gasteiger partial charge in [0.15, 0.2) is 5.76 Å². The molecule has 3 rings (SSSR count). The fourth-order valence-corrected chi connectivity index (χ4v) is 2.28. The first-order chi connectivity index (χ1) is 11.1. The molecule has 2 aromatic heterocycles. The van der Waals surface area contributed by atoms with E-state index >= 15 is 0 Å². The first kappa shape index (κ1) is 14.8. The molecule has 0 saturated carbocycles. The van der Waals surface area contributed by atoms with Crippen molar-refractivity contribution in [2.24, 2.45) is 0 Å². The number of carbonyl (C=O) groups excluding carboxylic acids is 1. The van der Waals surface area contributed by atoms with E-state index in [-0.39, 0.29) is 11.7 Å². The van der Waals surface area contributed by atoms with Gasteiger partial charge >= 0.3 is 0 Å². The van der Waals surface area contributed by atoms with E-state index < -0.39 is 0 Å². The SMILES string of the molecule is Cc1cccc(C)c1Nc1ccc(NC(=O)c2ccco2)cn1. The summed E-state index contributed by atoms with van der Waals surface area (Å²) in [6, 6.07) is 13.0. The van der Waals surface area contributed by atoms with Crippen LogP contribution < -0.4 is 10.6 Å². The topological polar surface area (TPSA) is 67.2 Å². The number of nitrogens with one attached hydrogen (secondary N) is 2. The second-order valence-electron chi connectivity index (χ2n) is 5.26. The summed E-state index contributed by atoms with van der Waals surface area (Å²) in [6.45, 7) is 4.10. The highest BCUT2D eigenvalue weighted by atomic mass is 16.3. The average Bonchev–Trinajstić information content (AvgIpc) is 3.07. The third-order valence-electron chi connectivity index (χ3n) is 3.50. The molecule has 1 aromatic carbocycles. The minimum Gasteiger partial charge on any atom is -0.459 e. The van der Waals surface area contributed by atoms with Crippen molar-refractivity contribution < 1.29 is 9.21 Å². The van der Waals surface area contributed by atoms with E-state index in [0.717, 1.165) is 22.6 Å². The van der Waals surface area contributed by atoms with E-state index in [1.165, 1.54) is 6.26 Å². The normalized spacial score (nSPS) is 10.3. The Morgan fingerprint density at radius 1 is 1.04 bits per heavy atom. The zero-order valence-electron chi connectivity index (χ0n) is 13.0. The number of amides is 1. The first-order valence-corrected chi connectivity index (χ1v) is 7.27. The summed E-state index contributed by atoms with van der Waals surface area (Å²) in [7, 11) is 0. The predicted molar refractivity (Wildman–Crippen MR) is 90.1 cm³/mol. The number of aromatic nitrogens is 1. The van der Waals surface area contributed by atoms with Crippen molar-refractivity contribution >= 4 is 23.1 Å². The standard InChI is InChI=1S/C18H17N3O2/c1-12-5-3-6-13(2)17(12)21-16-9-8-14(11-19-16)20-18(22)15-7-4-10-23-15/h3-11H,1-2H3,(H,19,21)(H,20,22). The summed E-state index contributed by atoms with van der Waals surface area (Å²) in [5.74, 6) is 0.688. The highest BCUT2D eigenvalue weighted by molar-refractivity contribution is 6.02. The first-order valence-electron chi connectivity index (χ1n) is 7.27. The molecule has 2 heterocycles. The molecule has 2 N–H and O–H groups in total. The van der Waals surface area contributed by atoms with Crippen molar-refractivity contribution in [2.75, 3.05) is 10.6 Å².